The Morgan fingerprint density at radius 2 is 1.93 bits per heavy atom. The molecule has 82 valence electrons. The Balaban J connectivity index is 2.37. The number of hydrogen-bond donors (Lipinski definition) is 0. The van der Waals surface area contributed by atoms with Crippen molar-refractivity contribution in [1.82, 2.24) is 0 Å². The second-order valence-electron chi connectivity index (χ2n) is 3.90. The predicted octanol–water partition coefficient (Wildman–Crippen LogP) is 3.07. The number of ether oxygens (including phenoxy) is 1. The number of nitrogens with zero attached hydrogens (tertiary/aromatic N) is 1. The third kappa shape index (κ3) is 5.33. The van der Waals surface area contributed by atoms with Crippen LogP contribution in [-0.2, 0) is 11.3 Å². The Labute approximate surface area is 92.0 Å². The summed E-state index contributed by atoms with van der Waals surface area (Å²) in [5.74, 6) is 0. The molecule has 0 unspecified atom stereocenters. The van der Waals surface area contributed by atoms with Gasteiger partial charge in [0.25, 0.3) is 0 Å². The van der Waals surface area contributed by atoms with Gasteiger partial charge in [-0.15, -0.1) is 0 Å². The van der Waals surface area contributed by atoms with Gasteiger partial charge in [0.2, 0.25) is 0 Å². The fourth-order valence-corrected chi connectivity index (χ4v) is 1.14. The molecule has 0 N–H and O–H groups in total. The summed E-state index contributed by atoms with van der Waals surface area (Å²) in [5, 5.41) is 0. The van der Waals surface area contributed by atoms with Crippen LogP contribution in [0.2, 0.25) is 0 Å². The Kier molecular flexibility index (Phi) is 5.05. The number of rotatable bonds is 5. The van der Waals surface area contributed by atoms with E-state index < -0.39 is 0 Å². The third-order valence-electron chi connectivity index (χ3n) is 2.00. The minimum Gasteiger partial charge on any atom is -0.373 e. The maximum absolute atomic E-state index is 5.46. The first-order chi connectivity index (χ1) is 7.18. The molecule has 2 nitrogen and oxygen atoms in total. The fraction of sp³-hybridized carbons (Fsp3) is 0.462. The predicted molar refractivity (Wildman–Crippen MR) is 64.3 cm³/mol. The maximum Gasteiger partial charge on any atom is 0.0844 e. The van der Waals surface area contributed by atoms with Crippen LogP contribution >= 0.6 is 0 Å². The molecule has 0 fully saturated rings. The minimum atomic E-state index is 0.270. The summed E-state index contributed by atoms with van der Waals surface area (Å²) in [6, 6.07) is 10.2. The van der Waals surface area contributed by atoms with Crippen molar-refractivity contribution in [3.63, 3.8) is 0 Å². The van der Waals surface area contributed by atoms with Crippen LogP contribution in [0.3, 0.4) is 0 Å². The molecule has 0 saturated heterocycles. The molecule has 0 atom stereocenters. The lowest BCUT2D eigenvalue weighted by Gasteiger charge is -2.06. The zero-order valence-corrected chi connectivity index (χ0v) is 9.73. The highest BCUT2D eigenvalue weighted by molar-refractivity contribution is 5.83. The average molecular weight is 205 g/mol. The van der Waals surface area contributed by atoms with Crippen molar-refractivity contribution in [3.8, 4) is 0 Å². The molecule has 0 radical (unpaired) electrons. The normalized spacial score (nSPS) is 12.1. The van der Waals surface area contributed by atoms with Crippen molar-refractivity contribution in [2.45, 2.75) is 33.4 Å². The summed E-state index contributed by atoms with van der Waals surface area (Å²) in [4.78, 5) is 4.46. The van der Waals surface area contributed by atoms with E-state index in [9.17, 15) is 0 Å². The quantitative estimate of drug-likeness (QED) is 0.677. The van der Waals surface area contributed by atoms with Crippen LogP contribution in [0.25, 0.3) is 0 Å². The van der Waals surface area contributed by atoms with Crippen LogP contribution in [-0.4, -0.2) is 18.4 Å². The van der Waals surface area contributed by atoms with Crippen LogP contribution in [0.4, 0.5) is 0 Å². The van der Waals surface area contributed by atoms with Gasteiger partial charge in [-0.2, -0.15) is 0 Å². The first kappa shape index (κ1) is 11.9. The lowest BCUT2D eigenvalue weighted by molar-refractivity contribution is 0.110. The van der Waals surface area contributed by atoms with Gasteiger partial charge < -0.3 is 4.74 Å². The smallest absolute Gasteiger partial charge is 0.0844 e. The minimum absolute atomic E-state index is 0.270. The summed E-state index contributed by atoms with van der Waals surface area (Å²) < 4.78 is 5.46. The molecule has 0 amide bonds. The maximum atomic E-state index is 5.46. The van der Waals surface area contributed by atoms with Crippen molar-refractivity contribution >= 4 is 5.71 Å². The van der Waals surface area contributed by atoms with Crippen molar-refractivity contribution in [1.29, 1.82) is 0 Å². The molecule has 15 heavy (non-hydrogen) atoms. The molecular weight excluding hydrogens is 186 g/mol. The van der Waals surface area contributed by atoms with Crippen molar-refractivity contribution < 1.29 is 4.74 Å². The van der Waals surface area contributed by atoms with E-state index in [0.29, 0.717) is 6.61 Å². The Bertz CT molecular complexity index is 304. The summed E-state index contributed by atoms with van der Waals surface area (Å²) in [7, 11) is 0. The Morgan fingerprint density at radius 3 is 2.53 bits per heavy atom. The van der Waals surface area contributed by atoms with Gasteiger partial charge >= 0.3 is 0 Å². The third-order valence-corrected chi connectivity index (χ3v) is 2.00. The summed E-state index contributed by atoms with van der Waals surface area (Å²) in [6.45, 7) is 7.44. The summed E-state index contributed by atoms with van der Waals surface area (Å²) in [5.41, 5.74) is 2.29. The van der Waals surface area contributed by atoms with Gasteiger partial charge in [0.05, 0.1) is 19.3 Å². The Hall–Kier alpha value is -1.15. The highest BCUT2D eigenvalue weighted by Crippen LogP contribution is 2.00. The first-order valence-electron chi connectivity index (χ1n) is 5.34. The van der Waals surface area contributed by atoms with Crippen molar-refractivity contribution in [3.05, 3.63) is 35.9 Å². The van der Waals surface area contributed by atoms with Gasteiger partial charge in [-0.25, -0.2) is 0 Å². The summed E-state index contributed by atoms with van der Waals surface area (Å²) >= 11 is 0. The van der Waals surface area contributed by atoms with Crippen molar-refractivity contribution in [2.75, 3.05) is 6.61 Å². The zero-order valence-electron chi connectivity index (χ0n) is 9.73. The molecule has 1 aromatic rings. The molecule has 2 heteroatoms. The van der Waals surface area contributed by atoms with Crippen LogP contribution in [0, 0.1) is 0 Å². The summed E-state index contributed by atoms with van der Waals surface area (Å²) in [6.07, 6.45) is 0.270. The van der Waals surface area contributed by atoms with Crippen LogP contribution in [0.1, 0.15) is 26.3 Å². The van der Waals surface area contributed by atoms with Crippen LogP contribution < -0.4 is 0 Å². The van der Waals surface area contributed by atoms with Gasteiger partial charge in [0.1, 0.15) is 0 Å². The van der Waals surface area contributed by atoms with E-state index in [4.69, 9.17) is 4.74 Å². The molecule has 0 saturated carbocycles. The van der Waals surface area contributed by atoms with Gasteiger partial charge in [-0.3, -0.25) is 4.99 Å². The number of hydrogen-bond acceptors (Lipinski definition) is 2. The van der Waals surface area contributed by atoms with Gasteiger partial charge in [-0.1, -0.05) is 30.3 Å². The first-order valence-corrected chi connectivity index (χ1v) is 5.34. The number of aliphatic imine (C=N–C) groups is 1. The van der Waals surface area contributed by atoms with E-state index in [1.165, 1.54) is 5.56 Å². The molecule has 0 spiro atoms. The van der Waals surface area contributed by atoms with Crippen LogP contribution in [0.15, 0.2) is 35.3 Å². The Morgan fingerprint density at radius 1 is 1.27 bits per heavy atom. The topological polar surface area (TPSA) is 21.6 Å². The standard InChI is InChI=1S/C13H19NO/c1-11(2)15-10-12(3)14-9-13-7-5-4-6-8-13/h4-8,11H,9-10H2,1-3H3. The molecule has 0 aliphatic rings. The lowest BCUT2D eigenvalue weighted by Crippen LogP contribution is -2.10. The molecule has 0 aliphatic carbocycles. The average Bonchev–Trinajstić information content (AvgIpc) is 2.25. The molecular formula is C13H19NO. The highest BCUT2D eigenvalue weighted by atomic mass is 16.5. The van der Waals surface area contributed by atoms with Crippen LogP contribution in [0.5, 0.6) is 0 Å². The van der Waals surface area contributed by atoms with Gasteiger partial charge in [0.15, 0.2) is 0 Å². The van der Waals surface area contributed by atoms with Crippen molar-refractivity contribution in [2.24, 2.45) is 4.99 Å². The van der Waals surface area contributed by atoms with Gasteiger partial charge in [0, 0.05) is 5.71 Å². The molecule has 0 aliphatic heterocycles. The molecule has 1 rings (SSSR count). The van der Waals surface area contributed by atoms with E-state index in [-0.39, 0.29) is 6.10 Å². The molecule has 1 aromatic carbocycles. The molecule has 0 aromatic heterocycles. The van der Waals surface area contributed by atoms with E-state index in [1.54, 1.807) is 0 Å². The lowest BCUT2D eigenvalue weighted by atomic mass is 10.2. The second kappa shape index (κ2) is 6.36. The second-order valence-corrected chi connectivity index (χ2v) is 3.90. The zero-order chi connectivity index (χ0) is 11.1. The van der Waals surface area contributed by atoms with E-state index in [0.717, 1.165) is 12.3 Å². The molecule has 0 bridgehead atoms. The highest BCUT2D eigenvalue weighted by Gasteiger charge is 1.95. The number of benzene rings is 1. The SMILES string of the molecule is CC(COC(C)C)=NCc1ccccc1. The van der Waals surface area contributed by atoms with E-state index in [2.05, 4.69) is 17.1 Å². The monoisotopic (exact) mass is 205 g/mol. The largest absolute Gasteiger partial charge is 0.373 e. The fourth-order valence-electron chi connectivity index (χ4n) is 1.14. The van der Waals surface area contributed by atoms with E-state index >= 15 is 0 Å². The van der Waals surface area contributed by atoms with E-state index in [1.807, 2.05) is 39.0 Å². The van der Waals surface area contributed by atoms with Gasteiger partial charge in [-0.05, 0) is 26.3 Å². The molecule has 0 heterocycles.